The molecule has 0 spiro atoms. The predicted molar refractivity (Wildman–Crippen MR) is 64.0 cm³/mol. The lowest BCUT2D eigenvalue weighted by Crippen LogP contribution is -2.28. The molecule has 2 N–H and O–H groups in total. The maximum atomic E-state index is 11.6. The number of hydrogen-bond donors (Lipinski definition) is 1. The summed E-state index contributed by atoms with van der Waals surface area (Å²) in [5.74, 6) is 0.0654. The highest BCUT2D eigenvalue weighted by Crippen LogP contribution is 2.12. The number of esters is 1. The lowest BCUT2D eigenvalue weighted by Gasteiger charge is -2.16. The van der Waals surface area contributed by atoms with Crippen molar-refractivity contribution in [3.05, 3.63) is 0 Å². The van der Waals surface area contributed by atoms with Gasteiger partial charge in [0, 0.05) is 6.54 Å². The second-order valence-corrected chi connectivity index (χ2v) is 4.65. The van der Waals surface area contributed by atoms with E-state index in [2.05, 4.69) is 13.8 Å². The van der Waals surface area contributed by atoms with Crippen LogP contribution in [0.5, 0.6) is 0 Å². The molecule has 4 nitrogen and oxygen atoms in total. The summed E-state index contributed by atoms with van der Waals surface area (Å²) in [5.41, 5.74) is 5.54. The van der Waals surface area contributed by atoms with E-state index in [4.69, 9.17) is 15.2 Å². The lowest BCUT2D eigenvalue weighted by atomic mass is 9.97. The van der Waals surface area contributed by atoms with Crippen LogP contribution < -0.4 is 5.73 Å². The molecule has 0 aromatic carbocycles. The van der Waals surface area contributed by atoms with Crippen molar-refractivity contribution in [1.29, 1.82) is 0 Å². The summed E-state index contributed by atoms with van der Waals surface area (Å²) in [6.07, 6.45) is 0.945. The van der Waals surface area contributed by atoms with E-state index in [-0.39, 0.29) is 18.0 Å². The Bertz CT molecular complexity index is 193. The van der Waals surface area contributed by atoms with Gasteiger partial charge in [-0.3, -0.25) is 4.79 Å². The van der Waals surface area contributed by atoms with Gasteiger partial charge in [0.15, 0.2) is 0 Å². The molecule has 4 heteroatoms. The fourth-order valence-corrected chi connectivity index (χ4v) is 1.40. The van der Waals surface area contributed by atoms with E-state index < -0.39 is 0 Å². The molecule has 1 unspecified atom stereocenters. The van der Waals surface area contributed by atoms with E-state index in [0.717, 1.165) is 6.42 Å². The molecule has 0 heterocycles. The molecule has 0 radical (unpaired) electrons. The van der Waals surface area contributed by atoms with Crippen molar-refractivity contribution in [2.75, 3.05) is 19.8 Å². The highest BCUT2D eigenvalue weighted by molar-refractivity contribution is 5.72. The van der Waals surface area contributed by atoms with Crippen molar-refractivity contribution >= 4 is 5.97 Å². The molecule has 16 heavy (non-hydrogen) atoms. The normalized spacial score (nSPS) is 13.2. The molecular formula is C12H25NO3. The van der Waals surface area contributed by atoms with E-state index in [1.807, 2.05) is 13.8 Å². The number of carbonyl (C=O) groups is 1. The highest BCUT2D eigenvalue weighted by Gasteiger charge is 2.19. The second kappa shape index (κ2) is 8.53. The Labute approximate surface area is 98.5 Å². The molecule has 0 bridgehead atoms. The number of carbonyl (C=O) groups excluding carboxylic acids is 1. The third kappa shape index (κ3) is 7.65. The summed E-state index contributed by atoms with van der Waals surface area (Å²) in [6.45, 7) is 9.14. The van der Waals surface area contributed by atoms with Crippen molar-refractivity contribution in [2.24, 2.45) is 17.6 Å². The molecule has 0 aliphatic rings. The van der Waals surface area contributed by atoms with Crippen LogP contribution in [0.25, 0.3) is 0 Å². The van der Waals surface area contributed by atoms with E-state index in [1.165, 1.54) is 0 Å². The van der Waals surface area contributed by atoms with Gasteiger partial charge in [0.2, 0.25) is 0 Å². The molecule has 0 aromatic heterocycles. The molecule has 0 aliphatic carbocycles. The molecule has 0 fully saturated rings. The van der Waals surface area contributed by atoms with Gasteiger partial charge in [0.25, 0.3) is 0 Å². The van der Waals surface area contributed by atoms with Crippen LogP contribution in [0.3, 0.4) is 0 Å². The Morgan fingerprint density at radius 3 is 2.25 bits per heavy atom. The van der Waals surface area contributed by atoms with Crippen molar-refractivity contribution in [1.82, 2.24) is 0 Å². The number of ether oxygens (including phenoxy) is 2. The summed E-state index contributed by atoms with van der Waals surface area (Å²) in [7, 11) is 0. The van der Waals surface area contributed by atoms with Crippen LogP contribution in [0.2, 0.25) is 0 Å². The summed E-state index contributed by atoms with van der Waals surface area (Å²) < 4.78 is 10.4. The van der Waals surface area contributed by atoms with E-state index in [0.29, 0.717) is 25.7 Å². The van der Waals surface area contributed by atoms with Gasteiger partial charge in [-0.2, -0.15) is 0 Å². The Morgan fingerprint density at radius 2 is 1.81 bits per heavy atom. The molecular weight excluding hydrogens is 206 g/mol. The van der Waals surface area contributed by atoms with E-state index in [9.17, 15) is 4.79 Å². The second-order valence-electron chi connectivity index (χ2n) is 4.65. The van der Waals surface area contributed by atoms with Crippen LogP contribution in [0.15, 0.2) is 0 Å². The zero-order valence-corrected chi connectivity index (χ0v) is 10.9. The third-order valence-corrected chi connectivity index (χ3v) is 2.15. The average Bonchev–Trinajstić information content (AvgIpc) is 2.20. The van der Waals surface area contributed by atoms with Gasteiger partial charge in [-0.15, -0.1) is 0 Å². The zero-order chi connectivity index (χ0) is 12.6. The number of nitrogens with two attached hydrogens (primary N) is 1. The maximum Gasteiger partial charge on any atom is 0.310 e. The largest absolute Gasteiger partial charge is 0.463 e. The fourth-order valence-electron chi connectivity index (χ4n) is 1.40. The first kappa shape index (κ1) is 15.4. The highest BCUT2D eigenvalue weighted by atomic mass is 16.6. The lowest BCUT2D eigenvalue weighted by molar-refractivity contribution is -0.150. The van der Waals surface area contributed by atoms with Gasteiger partial charge in [0.05, 0.1) is 18.6 Å². The quantitative estimate of drug-likeness (QED) is 0.509. The molecule has 96 valence electrons. The van der Waals surface area contributed by atoms with Gasteiger partial charge < -0.3 is 15.2 Å². The zero-order valence-electron chi connectivity index (χ0n) is 10.9. The fraction of sp³-hybridized carbons (Fsp3) is 0.917. The Morgan fingerprint density at radius 1 is 1.19 bits per heavy atom. The minimum Gasteiger partial charge on any atom is -0.463 e. The third-order valence-electron chi connectivity index (χ3n) is 2.15. The summed E-state index contributed by atoms with van der Waals surface area (Å²) in [5, 5.41) is 0. The molecule has 0 saturated heterocycles. The summed E-state index contributed by atoms with van der Waals surface area (Å²) >= 11 is 0. The van der Waals surface area contributed by atoms with Crippen LogP contribution >= 0.6 is 0 Å². The number of rotatable bonds is 8. The minimum atomic E-state index is -0.205. The Kier molecular flexibility index (Phi) is 8.21. The van der Waals surface area contributed by atoms with Crippen molar-refractivity contribution in [3.63, 3.8) is 0 Å². The van der Waals surface area contributed by atoms with Gasteiger partial charge in [-0.05, 0) is 26.2 Å². The van der Waals surface area contributed by atoms with Crippen LogP contribution in [0.1, 0.15) is 34.1 Å². The topological polar surface area (TPSA) is 61.6 Å². The van der Waals surface area contributed by atoms with E-state index in [1.54, 1.807) is 0 Å². The molecule has 0 amide bonds. The van der Waals surface area contributed by atoms with Crippen LogP contribution in [-0.4, -0.2) is 31.8 Å². The average molecular weight is 231 g/mol. The van der Waals surface area contributed by atoms with Crippen molar-refractivity contribution < 1.29 is 14.3 Å². The smallest absolute Gasteiger partial charge is 0.310 e. The molecule has 1 atom stereocenters. The van der Waals surface area contributed by atoms with Crippen LogP contribution in [0.4, 0.5) is 0 Å². The van der Waals surface area contributed by atoms with Crippen molar-refractivity contribution in [2.45, 2.75) is 40.2 Å². The van der Waals surface area contributed by atoms with Gasteiger partial charge >= 0.3 is 5.97 Å². The van der Waals surface area contributed by atoms with Crippen LogP contribution in [0, 0.1) is 11.8 Å². The van der Waals surface area contributed by atoms with Gasteiger partial charge in [-0.1, -0.05) is 13.8 Å². The monoisotopic (exact) mass is 231 g/mol. The Hall–Kier alpha value is -0.610. The van der Waals surface area contributed by atoms with Gasteiger partial charge in [0.1, 0.15) is 6.61 Å². The first-order valence-corrected chi connectivity index (χ1v) is 5.95. The first-order chi connectivity index (χ1) is 7.47. The van der Waals surface area contributed by atoms with Crippen molar-refractivity contribution in [3.8, 4) is 0 Å². The summed E-state index contributed by atoms with van der Waals surface area (Å²) in [6, 6.07) is 0. The SMILES string of the molecule is CC(C)CC(CN)C(=O)OCCOC(C)C. The number of hydrogen-bond acceptors (Lipinski definition) is 4. The minimum absolute atomic E-state index is 0.166. The standard InChI is InChI=1S/C12H25NO3/c1-9(2)7-11(8-13)12(14)16-6-5-15-10(3)4/h9-11H,5-8,13H2,1-4H3. The van der Waals surface area contributed by atoms with Crippen LogP contribution in [-0.2, 0) is 14.3 Å². The molecule has 0 saturated carbocycles. The first-order valence-electron chi connectivity index (χ1n) is 5.95. The molecule has 0 aromatic rings. The van der Waals surface area contributed by atoms with Gasteiger partial charge in [-0.25, -0.2) is 0 Å². The predicted octanol–water partition coefficient (Wildman–Crippen LogP) is 1.58. The Balaban J connectivity index is 3.75. The summed E-state index contributed by atoms with van der Waals surface area (Å²) in [4.78, 5) is 11.6. The molecule has 0 rings (SSSR count). The maximum absolute atomic E-state index is 11.6. The molecule has 0 aliphatic heterocycles. The van der Waals surface area contributed by atoms with E-state index >= 15 is 0 Å².